The monoisotopic (exact) mass is 625 g/mol. The van der Waals surface area contributed by atoms with Crippen LogP contribution in [0.3, 0.4) is 0 Å². The fraction of sp³-hybridized carbons (Fsp3) is 0.293. The Balaban J connectivity index is 1.78. The number of rotatable bonds is 9. The summed E-state index contributed by atoms with van der Waals surface area (Å²) in [7, 11) is 0. The van der Waals surface area contributed by atoms with Crippen molar-refractivity contribution in [3.63, 3.8) is 0 Å². The predicted octanol–water partition coefficient (Wildman–Crippen LogP) is 10.3. The first kappa shape index (κ1) is 29.2. The maximum absolute atomic E-state index is 2.62. The van der Waals surface area contributed by atoms with Crippen molar-refractivity contribution in [1.29, 1.82) is 0 Å². The van der Waals surface area contributed by atoms with Crippen LogP contribution in [0, 0.1) is 0 Å². The molecule has 0 spiro atoms. The van der Waals surface area contributed by atoms with Crippen molar-refractivity contribution in [3.05, 3.63) is 147 Å². The van der Waals surface area contributed by atoms with Gasteiger partial charge in [0.25, 0.3) is 0 Å². The molecule has 1 heteroatoms. The molecule has 42 heavy (non-hydrogen) atoms. The van der Waals surface area contributed by atoms with Gasteiger partial charge in [0.05, 0.1) is 0 Å². The van der Waals surface area contributed by atoms with Crippen molar-refractivity contribution < 1.29 is 22.8 Å². The van der Waals surface area contributed by atoms with E-state index in [1.165, 1.54) is 22.3 Å². The average Bonchev–Trinajstić information content (AvgIpc) is 3.69. The van der Waals surface area contributed by atoms with Crippen LogP contribution in [0.15, 0.2) is 91.0 Å². The number of benzene rings is 4. The molecule has 211 valence electrons. The van der Waals surface area contributed by atoms with Crippen LogP contribution in [-0.2, 0) is 54.9 Å². The van der Waals surface area contributed by atoms with Gasteiger partial charge in [-0.25, -0.2) is 0 Å². The Morgan fingerprint density at radius 1 is 0.667 bits per heavy atom. The number of allylic oxidation sites excluding steroid dienone is 4. The van der Waals surface area contributed by atoms with E-state index in [1.807, 2.05) is 0 Å². The summed E-state index contributed by atoms with van der Waals surface area (Å²) in [6.07, 6.45) is 13.6. The first-order valence-corrected chi connectivity index (χ1v) is 18.8. The summed E-state index contributed by atoms with van der Waals surface area (Å²) in [5.74, 6) is 0. The summed E-state index contributed by atoms with van der Waals surface area (Å²) in [6, 6.07) is 27.7. The molecule has 0 amide bonds. The Labute approximate surface area is 264 Å². The molecule has 0 radical (unpaired) electrons. The molecule has 1 unspecified atom stereocenters. The van der Waals surface area contributed by atoms with E-state index in [2.05, 4.69) is 126 Å². The van der Waals surface area contributed by atoms with Gasteiger partial charge in [-0.1, -0.05) is 0 Å². The van der Waals surface area contributed by atoms with Crippen LogP contribution >= 0.6 is 0 Å². The van der Waals surface area contributed by atoms with Gasteiger partial charge in [-0.05, 0) is 0 Å². The Kier molecular flexibility index (Phi) is 8.88. The van der Waals surface area contributed by atoms with Crippen molar-refractivity contribution in [2.75, 3.05) is 0 Å². The van der Waals surface area contributed by atoms with Crippen LogP contribution in [0.4, 0.5) is 0 Å². The molecule has 0 bridgehead atoms. The molecule has 0 heterocycles. The minimum atomic E-state index is -1.21. The molecule has 6 rings (SSSR count). The van der Waals surface area contributed by atoms with Crippen LogP contribution in [0.5, 0.6) is 0 Å². The Bertz CT molecular complexity index is 1660. The molecule has 0 aliphatic heterocycles. The summed E-state index contributed by atoms with van der Waals surface area (Å²) in [4.78, 5) is 0. The molecule has 0 saturated heterocycles. The predicted molar refractivity (Wildman–Crippen MR) is 178 cm³/mol. The van der Waals surface area contributed by atoms with Gasteiger partial charge in [0.2, 0.25) is 0 Å². The van der Waals surface area contributed by atoms with Crippen molar-refractivity contribution in [3.8, 4) is 11.1 Å². The van der Waals surface area contributed by atoms with Crippen LogP contribution in [0.1, 0.15) is 100 Å². The van der Waals surface area contributed by atoms with Gasteiger partial charge >= 0.3 is 266 Å². The average molecular weight is 627 g/mol. The molecule has 0 saturated carbocycles. The fourth-order valence-electron chi connectivity index (χ4n) is 7.52. The zero-order valence-corrected chi connectivity index (χ0v) is 28.4. The second kappa shape index (κ2) is 12.8. The molecule has 0 nitrogen and oxygen atoms in total. The van der Waals surface area contributed by atoms with E-state index in [0.717, 1.165) is 38.5 Å². The molecular formula is C41H43Zr. The van der Waals surface area contributed by atoms with Crippen molar-refractivity contribution >= 4 is 8.78 Å². The fourth-order valence-corrected chi connectivity index (χ4v) is 11.9. The van der Waals surface area contributed by atoms with Crippen LogP contribution in [0.25, 0.3) is 16.7 Å². The SMILES string of the molecule is CCc1cc(CC)c2c(c1)[CH]([Zr]=[C](c1ccccc1)c1ccccc1)c1c(C3=CC=CC3)c(CC)c(CC)c(CC)c1-2. The molecule has 0 fully saturated rings. The topological polar surface area (TPSA) is 0 Å². The number of fused-ring (bicyclic) bond motifs is 3. The van der Waals surface area contributed by atoms with E-state index in [1.54, 1.807) is 53.3 Å². The van der Waals surface area contributed by atoms with E-state index in [9.17, 15) is 0 Å². The van der Waals surface area contributed by atoms with E-state index in [0.29, 0.717) is 3.63 Å². The van der Waals surface area contributed by atoms with E-state index < -0.39 is 22.8 Å². The molecule has 1 atom stereocenters. The van der Waals surface area contributed by atoms with Crippen LogP contribution < -0.4 is 0 Å². The van der Waals surface area contributed by atoms with Gasteiger partial charge in [0.15, 0.2) is 0 Å². The summed E-state index contributed by atoms with van der Waals surface area (Å²) >= 11 is -1.21. The first-order valence-electron chi connectivity index (χ1n) is 16.1. The van der Waals surface area contributed by atoms with Gasteiger partial charge in [0, 0.05) is 0 Å². The standard InChI is InChI=1S/C28H33.C13H10.Zr/c1-6-18-15-19(7-2)26-21(16-18)17-25-27(20-13-11-12-14-20)23(9-4)22(8-3)24(10-5)28(25)26;1-3-7-12(8-4-1)11-13-9-5-2-6-10-13;/h11-13,15-17H,6-10,14H2,1-5H3;1-10H;. The van der Waals surface area contributed by atoms with Crippen LogP contribution in [-0.4, -0.2) is 3.21 Å². The van der Waals surface area contributed by atoms with E-state index in [-0.39, 0.29) is 0 Å². The molecule has 2 aliphatic rings. The van der Waals surface area contributed by atoms with E-state index in [4.69, 9.17) is 0 Å². The summed E-state index contributed by atoms with van der Waals surface area (Å²) in [6.45, 7) is 11.9. The summed E-state index contributed by atoms with van der Waals surface area (Å²) < 4.78 is 2.10. The summed E-state index contributed by atoms with van der Waals surface area (Å²) in [5, 5.41) is 0. The molecule has 2 aliphatic carbocycles. The van der Waals surface area contributed by atoms with Crippen molar-refractivity contribution in [2.24, 2.45) is 0 Å². The second-order valence-electron chi connectivity index (χ2n) is 11.6. The van der Waals surface area contributed by atoms with Crippen molar-refractivity contribution in [2.45, 2.75) is 76.8 Å². The minimum absolute atomic E-state index is 0.490. The Morgan fingerprint density at radius 3 is 1.81 bits per heavy atom. The first-order chi connectivity index (χ1) is 20.6. The summed E-state index contributed by atoms with van der Waals surface area (Å²) in [5.41, 5.74) is 20.4. The molecule has 4 aromatic rings. The third-order valence-corrected chi connectivity index (χ3v) is 13.7. The normalized spacial score (nSPS) is 14.9. The Hall–Kier alpha value is -2.89. The van der Waals surface area contributed by atoms with Crippen molar-refractivity contribution in [1.82, 2.24) is 0 Å². The van der Waals surface area contributed by atoms with Gasteiger partial charge < -0.3 is 0 Å². The quantitative estimate of drug-likeness (QED) is 0.173. The number of hydrogen-bond acceptors (Lipinski definition) is 0. The molecule has 0 N–H and O–H groups in total. The Morgan fingerprint density at radius 2 is 1.29 bits per heavy atom. The molecular weight excluding hydrogens is 584 g/mol. The second-order valence-corrected chi connectivity index (χ2v) is 15.0. The van der Waals surface area contributed by atoms with E-state index >= 15 is 0 Å². The third-order valence-electron chi connectivity index (χ3n) is 9.39. The van der Waals surface area contributed by atoms with Gasteiger partial charge in [-0.3, -0.25) is 0 Å². The zero-order chi connectivity index (χ0) is 29.2. The van der Waals surface area contributed by atoms with Gasteiger partial charge in [-0.15, -0.1) is 0 Å². The molecule has 0 aromatic heterocycles. The van der Waals surface area contributed by atoms with Crippen LogP contribution in [0.2, 0.25) is 0 Å². The number of aryl methyl sites for hydroxylation is 2. The maximum atomic E-state index is 2.62. The zero-order valence-electron chi connectivity index (χ0n) is 26.0. The third kappa shape index (κ3) is 5.03. The number of hydrogen-bond donors (Lipinski definition) is 0. The molecule has 4 aromatic carbocycles. The van der Waals surface area contributed by atoms with Gasteiger partial charge in [0.1, 0.15) is 0 Å². The van der Waals surface area contributed by atoms with Gasteiger partial charge in [-0.2, -0.15) is 0 Å².